The van der Waals surface area contributed by atoms with Crippen LogP contribution in [-0.2, 0) is 14.3 Å². The summed E-state index contributed by atoms with van der Waals surface area (Å²) in [7, 11) is 2.06. The van der Waals surface area contributed by atoms with Gasteiger partial charge in [-0.2, -0.15) is 9.61 Å². The number of fused-ring (bicyclic) bond motifs is 1. The normalized spacial score (nSPS) is 18.9. The highest BCUT2D eigenvalue weighted by Crippen LogP contribution is 2.30. The molecule has 3 N–H and O–H groups in total. The van der Waals surface area contributed by atoms with Gasteiger partial charge < -0.3 is 30.5 Å². The fraction of sp³-hybridized carbons (Fsp3) is 0.393. The van der Waals surface area contributed by atoms with Gasteiger partial charge in [-0.25, -0.2) is 19.1 Å². The number of anilines is 3. The minimum absolute atomic E-state index is 0.0221. The second-order valence-electron chi connectivity index (χ2n) is 10.8. The number of hydrogen-bond donors (Lipinski definition) is 3. The first-order chi connectivity index (χ1) is 20.7. The third-order valence-electron chi connectivity index (χ3n) is 7.46. The van der Waals surface area contributed by atoms with Crippen LogP contribution >= 0.6 is 11.6 Å². The van der Waals surface area contributed by atoms with Crippen LogP contribution in [0.15, 0.2) is 36.2 Å². The van der Waals surface area contributed by atoms with Crippen LogP contribution in [0, 0.1) is 5.82 Å². The van der Waals surface area contributed by atoms with E-state index < -0.39 is 30.5 Å². The third-order valence-corrected chi connectivity index (χ3v) is 7.70. The van der Waals surface area contributed by atoms with E-state index in [-0.39, 0.29) is 23.8 Å². The average molecular weight is 612 g/mol. The minimum Gasteiger partial charge on any atom is -0.444 e. The Bertz CT molecular complexity index is 1600. The number of piperazine rings is 1. The molecule has 0 bridgehead atoms. The van der Waals surface area contributed by atoms with Crippen LogP contribution in [-0.4, -0.2) is 99.7 Å². The molecular formula is C28H31ClFN9O4. The molecule has 0 unspecified atom stereocenters. The number of urea groups is 1. The maximum atomic E-state index is 14.4. The fourth-order valence-corrected chi connectivity index (χ4v) is 4.96. The van der Waals surface area contributed by atoms with E-state index in [1.165, 1.54) is 30.5 Å². The summed E-state index contributed by atoms with van der Waals surface area (Å²) in [6.45, 7) is 3.67. The van der Waals surface area contributed by atoms with Crippen LogP contribution in [0.25, 0.3) is 11.7 Å². The van der Waals surface area contributed by atoms with Gasteiger partial charge in [0.15, 0.2) is 12.4 Å². The summed E-state index contributed by atoms with van der Waals surface area (Å²) >= 11 is 6.06. The molecule has 1 aromatic carbocycles. The number of halogens is 2. The average Bonchev–Trinajstić information content (AvgIpc) is 3.65. The zero-order valence-corrected chi connectivity index (χ0v) is 24.2. The molecule has 1 aliphatic carbocycles. The molecule has 13 nitrogen and oxygen atoms in total. The fourth-order valence-electron chi connectivity index (χ4n) is 4.79. The maximum absolute atomic E-state index is 14.4. The van der Waals surface area contributed by atoms with Crippen molar-refractivity contribution in [3.63, 3.8) is 0 Å². The Morgan fingerprint density at radius 2 is 2.00 bits per heavy atom. The van der Waals surface area contributed by atoms with E-state index in [4.69, 9.17) is 16.3 Å². The van der Waals surface area contributed by atoms with Crippen LogP contribution < -0.4 is 16.0 Å². The van der Waals surface area contributed by atoms with E-state index >= 15 is 0 Å². The van der Waals surface area contributed by atoms with E-state index in [0.29, 0.717) is 34.4 Å². The highest BCUT2D eigenvalue weighted by Gasteiger charge is 2.35. The van der Waals surface area contributed by atoms with Crippen LogP contribution in [0.5, 0.6) is 0 Å². The summed E-state index contributed by atoms with van der Waals surface area (Å²) in [4.78, 5) is 47.8. The first-order valence-electron chi connectivity index (χ1n) is 14.0. The molecule has 3 aliphatic rings. The van der Waals surface area contributed by atoms with Gasteiger partial charge in [-0.3, -0.25) is 9.59 Å². The smallest absolute Gasteiger partial charge is 0.331 e. The zero-order valence-electron chi connectivity index (χ0n) is 23.5. The number of nitrogens with zero attached hydrogens (tertiary/aromatic N) is 6. The van der Waals surface area contributed by atoms with Gasteiger partial charge in [0, 0.05) is 55.4 Å². The number of aromatic nitrogens is 3. The number of hydrogen-bond acceptors (Lipinski definition) is 10. The second-order valence-corrected chi connectivity index (χ2v) is 11.2. The molecule has 2 aromatic heterocycles. The first-order valence-corrected chi connectivity index (χ1v) is 14.4. The number of amides is 3. The highest BCUT2D eigenvalue weighted by atomic mass is 35.5. The van der Waals surface area contributed by atoms with Crippen molar-refractivity contribution in [1.29, 1.82) is 0 Å². The zero-order chi connectivity index (χ0) is 30.1. The van der Waals surface area contributed by atoms with Crippen LogP contribution in [0.4, 0.5) is 26.5 Å². The van der Waals surface area contributed by atoms with Gasteiger partial charge in [0.25, 0.3) is 5.91 Å². The highest BCUT2D eigenvalue weighted by molar-refractivity contribution is 6.30. The van der Waals surface area contributed by atoms with Crippen molar-refractivity contribution in [2.45, 2.75) is 25.3 Å². The van der Waals surface area contributed by atoms with Crippen molar-refractivity contribution >= 4 is 58.6 Å². The Balaban J connectivity index is 1.16. The number of carbonyl (C=O) groups is 3. The second kappa shape index (κ2) is 12.1. The van der Waals surface area contributed by atoms with Gasteiger partial charge in [-0.1, -0.05) is 11.6 Å². The monoisotopic (exact) mass is 611 g/mol. The van der Waals surface area contributed by atoms with E-state index in [9.17, 15) is 18.8 Å². The SMILES string of the molecule is CN1CCN(CCC(=O)OCN2C(=O)NC(=Cc3cnn4c(NC5CC5)cc(Nc5cc(Cl)ccc5F)nc34)C2=O)CC1. The summed E-state index contributed by atoms with van der Waals surface area (Å²) in [5.41, 5.74) is 0.918. The van der Waals surface area contributed by atoms with Crippen LogP contribution in [0.1, 0.15) is 24.8 Å². The lowest BCUT2D eigenvalue weighted by molar-refractivity contribution is -0.149. The summed E-state index contributed by atoms with van der Waals surface area (Å²) in [6.07, 6.45) is 5.14. The van der Waals surface area contributed by atoms with Crippen molar-refractivity contribution < 1.29 is 23.5 Å². The van der Waals surface area contributed by atoms with E-state index in [0.717, 1.165) is 43.9 Å². The molecule has 6 rings (SSSR count). The summed E-state index contributed by atoms with van der Waals surface area (Å²) in [5, 5.41) is 13.6. The van der Waals surface area contributed by atoms with Crippen molar-refractivity contribution in [2.24, 2.45) is 0 Å². The first kappa shape index (κ1) is 28.8. The molecule has 15 heteroatoms. The molecule has 2 saturated heterocycles. The standard InChI is InChI=1S/C28H31ClFN9O4/c1-36-8-10-37(11-9-36)7-6-25(40)43-16-38-27(41)22(34-28(38)42)12-17-15-31-39-24(32-19-3-4-19)14-23(35-26(17)39)33-21-13-18(29)2-5-20(21)30/h2,5,12-15,19,32H,3-4,6-11,16H2,1H3,(H,33,35)(H,34,42). The van der Waals surface area contributed by atoms with Gasteiger partial charge in [-0.15, -0.1) is 0 Å². The van der Waals surface area contributed by atoms with Gasteiger partial charge in [-0.05, 0) is 44.2 Å². The van der Waals surface area contributed by atoms with Crippen LogP contribution in [0.3, 0.4) is 0 Å². The molecule has 3 aromatic rings. The van der Waals surface area contributed by atoms with Gasteiger partial charge in [0.1, 0.15) is 23.1 Å². The topological polar surface area (TPSA) is 136 Å². The van der Waals surface area contributed by atoms with Crippen molar-refractivity contribution in [3.8, 4) is 0 Å². The summed E-state index contributed by atoms with van der Waals surface area (Å²) in [6, 6.07) is 5.44. The minimum atomic E-state index is -0.706. The number of imide groups is 1. The molecule has 3 amide bonds. The molecule has 2 aliphatic heterocycles. The lowest BCUT2D eigenvalue weighted by Gasteiger charge is -2.32. The lowest BCUT2D eigenvalue weighted by Crippen LogP contribution is -2.45. The van der Waals surface area contributed by atoms with Crippen molar-refractivity contribution in [3.05, 3.63) is 52.6 Å². The number of likely N-dealkylation sites (N-methyl/N-ethyl adjacent to an activating group) is 1. The predicted molar refractivity (Wildman–Crippen MR) is 157 cm³/mol. The lowest BCUT2D eigenvalue weighted by atomic mass is 10.2. The Hall–Kier alpha value is -4.27. The van der Waals surface area contributed by atoms with Gasteiger partial charge in [0.2, 0.25) is 0 Å². The Labute approximate surface area is 251 Å². The molecule has 3 fully saturated rings. The molecule has 226 valence electrons. The number of rotatable bonds is 10. The van der Waals surface area contributed by atoms with Crippen LogP contribution in [0.2, 0.25) is 5.02 Å². The number of benzene rings is 1. The third kappa shape index (κ3) is 6.71. The molecular weight excluding hydrogens is 581 g/mol. The molecule has 43 heavy (non-hydrogen) atoms. The van der Waals surface area contributed by atoms with Crippen molar-refractivity contribution in [2.75, 3.05) is 57.1 Å². The van der Waals surface area contributed by atoms with Gasteiger partial charge in [0.05, 0.1) is 18.3 Å². The summed E-state index contributed by atoms with van der Waals surface area (Å²) < 4.78 is 21.3. The molecule has 0 spiro atoms. The van der Waals surface area contributed by atoms with E-state index in [2.05, 4.69) is 42.9 Å². The van der Waals surface area contributed by atoms with Crippen molar-refractivity contribution in [1.82, 2.24) is 34.6 Å². The predicted octanol–water partition coefficient (Wildman–Crippen LogP) is 2.87. The van der Waals surface area contributed by atoms with E-state index in [1.807, 2.05) is 0 Å². The molecule has 1 saturated carbocycles. The molecule has 0 atom stereocenters. The van der Waals surface area contributed by atoms with E-state index in [1.54, 1.807) is 10.6 Å². The number of ether oxygens (including phenoxy) is 1. The Kier molecular flexibility index (Phi) is 8.15. The molecule has 0 radical (unpaired) electrons. The largest absolute Gasteiger partial charge is 0.444 e. The number of carbonyl (C=O) groups excluding carboxylic acids is 3. The van der Waals surface area contributed by atoms with Gasteiger partial charge >= 0.3 is 12.0 Å². The summed E-state index contributed by atoms with van der Waals surface area (Å²) in [5.74, 6) is -0.700. The molecule has 4 heterocycles. The number of esters is 1. The Morgan fingerprint density at radius 1 is 1.21 bits per heavy atom. The Morgan fingerprint density at radius 3 is 2.77 bits per heavy atom. The quantitative estimate of drug-likeness (QED) is 0.178. The maximum Gasteiger partial charge on any atom is 0.331 e. The number of nitrogens with one attached hydrogen (secondary N) is 3.